The van der Waals surface area contributed by atoms with E-state index in [1.807, 2.05) is 0 Å². The molecule has 0 aliphatic heterocycles. The lowest BCUT2D eigenvalue weighted by atomic mass is 10.0. The highest BCUT2D eigenvalue weighted by Crippen LogP contribution is 2.18. The van der Waals surface area contributed by atoms with Gasteiger partial charge in [-0.25, -0.2) is 0 Å². The molecule has 0 heterocycles. The Morgan fingerprint density at radius 3 is 1.22 bits per heavy atom. The molecule has 6 nitrogen and oxygen atoms in total. The molecule has 0 fully saturated rings. The lowest BCUT2D eigenvalue weighted by Crippen LogP contribution is -2.46. The van der Waals surface area contributed by atoms with E-state index in [0.717, 1.165) is 70.6 Å². The van der Waals surface area contributed by atoms with Crippen molar-refractivity contribution in [3.8, 4) is 0 Å². The zero-order valence-corrected chi connectivity index (χ0v) is 42.2. The Hall–Kier alpha value is -1.92. The van der Waals surface area contributed by atoms with E-state index in [0.29, 0.717) is 19.3 Å². The SMILES string of the molecule is CCCCCCC/C=C/C=C/C=C/CCCCCC(CC(=O)NC(CO)C(O)CCCCCCCCCCCCCCCCC)OC(=O)CCCCCCCCCCCCCCC. The fourth-order valence-corrected chi connectivity index (χ4v) is 8.55. The van der Waals surface area contributed by atoms with Gasteiger partial charge >= 0.3 is 5.97 Å². The third kappa shape index (κ3) is 46.4. The molecule has 0 aliphatic carbocycles. The maximum Gasteiger partial charge on any atom is 0.306 e. The Morgan fingerprint density at radius 1 is 0.460 bits per heavy atom. The molecule has 6 heteroatoms. The van der Waals surface area contributed by atoms with Crippen LogP contribution in [0, 0.1) is 0 Å². The van der Waals surface area contributed by atoms with Gasteiger partial charge in [-0.1, -0.05) is 263 Å². The lowest BCUT2D eigenvalue weighted by Gasteiger charge is -2.24. The van der Waals surface area contributed by atoms with Gasteiger partial charge in [0.05, 0.1) is 25.2 Å². The Balaban J connectivity index is 4.60. The van der Waals surface area contributed by atoms with Crippen molar-refractivity contribution in [2.75, 3.05) is 6.61 Å². The van der Waals surface area contributed by atoms with Crippen molar-refractivity contribution in [3.63, 3.8) is 0 Å². The molecule has 0 saturated carbocycles. The average molecular weight is 886 g/mol. The monoisotopic (exact) mass is 886 g/mol. The summed E-state index contributed by atoms with van der Waals surface area (Å²) in [4.78, 5) is 26.2. The molecule has 0 aliphatic rings. The first kappa shape index (κ1) is 61.1. The maximum absolute atomic E-state index is 13.2. The maximum atomic E-state index is 13.2. The molecule has 3 atom stereocenters. The van der Waals surface area contributed by atoms with Gasteiger partial charge in [0, 0.05) is 6.42 Å². The highest BCUT2D eigenvalue weighted by Gasteiger charge is 2.24. The second kappa shape index (κ2) is 51.1. The van der Waals surface area contributed by atoms with E-state index in [-0.39, 0.29) is 24.9 Å². The van der Waals surface area contributed by atoms with Gasteiger partial charge < -0.3 is 20.3 Å². The second-order valence-electron chi connectivity index (χ2n) is 19.1. The highest BCUT2D eigenvalue weighted by atomic mass is 16.5. The third-order valence-corrected chi connectivity index (χ3v) is 12.8. The number of aliphatic hydroxyl groups excluding tert-OH is 2. The Labute approximate surface area is 392 Å². The molecule has 0 rings (SSSR count). The zero-order chi connectivity index (χ0) is 45.9. The van der Waals surface area contributed by atoms with E-state index in [4.69, 9.17) is 4.74 Å². The molecule has 3 unspecified atom stereocenters. The van der Waals surface area contributed by atoms with Crippen molar-refractivity contribution in [1.82, 2.24) is 5.32 Å². The summed E-state index contributed by atoms with van der Waals surface area (Å²) in [5, 5.41) is 23.8. The van der Waals surface area contributed by atoms with Crippen LogP contribution >= 0.6 is 0 Å². The number of esters is 1. The predicted octanol–water partition coefficient (Wildman–Crippen LogP) is 16.8. The number of carbonyl (C=O) groups is 2. The summed E-state index contributed by atoms with van der Waals surface area (Å²) >= 11 is 0. The van der Waals surface area contributed by atoms with Gasteiger partial charge in [0.2, 0.25) is 5.91 Å². The first-order valence-electron chi connectivity index (χ1n) is 27.7. The van der Waals surface area contributed by atoms with Crippen LogP contribution in [0.5, 0.6) is 0 Å². The van der Waals surface area contributed by atoms with Crippen molar-refractivity contribution >= 4 is 11.9 Å². The predicted molar refractivity (Wildman–Crippen MR) is 273 cm³/mol. The number of ether oxygens (including phenoxy) is 1. The smallest absolute Gasteiger partial charge is 0.306 e. The van der Waals surface area contributed by atoms with Crippen molar-refractivity contribution in [2.24, 2.45) is 0 Å². The first-order chi connectivity index (χ1) is 31.0. The van der Waals surface area contributed by atoms with Crippen LogP contribution in [0.3, 0.4) is 0 Å². The molecule has 1 amide bonds. The molecular formula is C57H107NO5. The summed E-state index contributed by atoms with van der Waals surface area (Å²) in [6, 6.07) is -0.710. The van der Waals surface area contributed by atoms with Crippen LogP contribution in [0.15, 0.2) is 36.5 Å². The quantitative estimate of drug-likeness (QED) is 0.0321. The van der Waals surface area contributed by atoms with E-state index in [1.165, 1.54) is 173 Å². The number of hydrogen-bond donors (Lipinski definition) is 3. The van der Waals surface area contributed by atoms with E-state index in [1.54, 1.807) is 0 Å². The molecule has 0 aromatic heterocycles. The molecule has 0 spiro atoms. The van der Waals surface area contributed by atoms with Gasteiger partial charge in [-0.2, -0.15) is 0 Å². The fraction of sp³-hybridized carbons (Fsp3) is 0.860. The van der Waals surface area contributed by atoms with E-state index >= 15 is 0 Å². The topological polar surface area (TPSA) is 95.9 Å². The minimum Gasteiger partial charge on any atom is -0.462 e. The molecule has 0 radical (unpaired) electrons. The minimum atomic E-state index is -0.795. The zero-order valence-electron chi connectivity index (χ0n) is 42.2. The highest BCUT2D eigenvalue weighted by molar-refractivity contribution is 5.77. The van der Waals surface area contributed by atoms with Gasteiger partial charge in [0.1, 0.15) is 6.10 Å². The third-order valence-electron chi connectivity index (χ3n) is 12.8. The van der Waals surface area contributed by atoms with Gasteiger partial charge in [0.25, 0.3) is 0 Å². The summed E-state index contributed by atoms with van der Waals surface area (Å²) in [5.41, 5.74) is 0. The largest absolute Gasteiger partial charge is 0.462 e. The summed E-state index contributed by atoms with van der Waals surface area (Å²) in [5.74, 6) is -0.494. The number of allylic oxidation sites excluding steroid dienone is 6. The molecule has 0 bridgehead atoms. The Morgan fingerprint density at radius 2 is 0.810 bits per heavy atom. The number of nitrogens with one attached hydrogen (secondary N) is 1. The summed E-state index contributed by atoms with van der Waals surface area (Å²) in [6.07, 6.45) is 60.6. The Bertz CT molecular complexity index is 1040. The molecule has 370 valence electrons. The number of amides is 1. The fourth-order valence-electron chi connectivity index (χ4n) is 8.55. The van der Waals surface area contributed by atoms with Crippen molar-refractivity contribution < 1.29 is 24.5 Å². The van der Waals surface area contributed by atoms with Gasteiger partial charge in [-0.3, -0.25) is 9.59 Å². The van der Waals surface area contributed by atoms with E-state index in [2.05, 4.69) is 62.5 Å². The number of aliphatic hydroxyl groups is 2. The molecule has 0 aromatic rings. The summed E-state index contributed by atoms with van der Waals surface area (Å²) in [7, 11) is 0. The summed E-state index contributed by atoms with van der Waals surface area (Å²) < 4.78 is 5.93. The van der Waals surface area contributed by atoms with Crippen molar-refractivity contribution in [1.29, 1.82) is 0 Å². The molecular weight excluding hydrogens is 779 g/mol. The molecule has 3 N–H and O–H groups in total. The van der Waals surface area contributed by atoms with Gasteiger partial charge in [-0.15, -0.1) is 0 Å². The van der Waals surface area contributed by atoms with Crippen LogP contribution in [0.25, 0.3) is 0 Å². The van der Waals surface area contributed by atoms with Crippen molar-refractivity contribution in [3.05, 3.63) is 36.5 Å². The van der Waals surface area contributed by atoms with Crippen molar-refractivity contribution in [2.45, 2.75) is 309 Å². The van der Waals surface area contributed by atoms with Gasteiger partial charge in [-0.05, 0) is 51.4 Å². The van der Waals surface area contributed by atoms with E-state index < -0.39 is 18.2 Å². The Kier molecular flexibility index (Phi) is 49.5. The molecule has 0 aromatic carbocycles. The van der Waals surface area contributed by atoms with Gasteiger partial charge in [0.15, 0.2) is 0 Å². The lowest BCUT2D eigenvalue weighted by molar-refractivity contribution is -0.151. The van der Waals surface area contributed by atoms with Crippen LogP contribution in [0.2, 0.25) is 0 Å². The second-order valence-corrected chi connectivity index (χ2v) is 19.1. The average Bonchev–Trinajstić information content (AvgIpc) is 3.28. The summed E-state index contributed by atoms with van der Waals surface area (Å²) in [6.45, 7) is 6.48. The number of rotatable bonds is 50. The molecule has 0 saturated heterocycles. The van der Waals surface area contributed by atoms with Crippen LogP contribution in [0.4, 0.5) is 0 Å². The van der Waals surface area contributed by atoms with Crippen LogP contribution < -0.4 is 5.32 Å². The van der Waals surface area contributed by atoms with Crippen LogP contribution in [0.1, 0.15) is 290 Å². The van der Waals surface area contributed by atoms with E-state index in [9.17, 15) is 19.8 Å². The molecule has 63 heavy (non-hydrogen) atoms. The number of hydrogen-bond acceptors (Lipinski definition) is 5. The number of carbonyl (C=O) groups excluding carboxylic acids is 2. The number of unbranched alkanes of at least 4 members (excludes halogenated alkanes) is 34. The first-order valence-corrected chi connectivity index (χ1v) is 27.7. The standard InChI is InChI=1S/C57H107NO5/c1-4-7-10-13-16-19-22-25-27-29-31-33-36-39-42-45-48-53(63-57(62)50-47-44-41-38-35-30-24-21-18-15-12-9-6-3)51-56(61)58-54(52-59)55(60)49-46-43-40-37-34-32-28-26-23-20-17-14-11-8-5-2/h22,25,27,29,31,33,53-55,59-60H,4-21,23-24,26,28,30,32,34-52H2,1-3H3,(H,58,61)/b25-22+,29-27+,33-31+. The van der Waals surface area contributed by atoms with Crippen LogP contribution in [-0.4, -0.2) is 46.9 Å². The minimum absolute atomic E-state index is 0.0590. The normalized spacial score (nSPS) is 13.4. The van der Waals surface area contributed by atoms with Crippen LogP contribution in [-0.2, 0) is 14.3 Å².